The highest BCUT2D eigenvalue weighted by Gasteiger charge is 2.27. The molecule has 6 nitrogen and oxygen atoms in total. The Bertz CT molecular complexity index is 612. The number of amides is 2. The van der Waals surface area contributed by atoms with Crippen LogP contribution in [0.15, 0.2) is 18.2 Å². The number of hydrogen-bond donors (Lipinski definition) is 2. The molecule has 1 aromatic rings. The molecule has 2 amide bonds. The number of nitrogens with one attached hydrogen (secondary N) is 1. The highest BCUT2D eigenvalue weighted by Crippen LogP contribution is 2.26. The first-order chi connectivity index (χ1) is 10.4. The Morgan fingerprint density at radius 1 is 1.41 bits per heavy atom. The number of carbonyl (C=O) groups is 3. The summed E-state index contributed by atoms with van der Waals surface area (Å²) < 4.78 is 0. The molecule has 2 N–H and O–H groups in total. The zero-order valence-corrected chi connectivity index (χ0v) is 12.8. The number of carboxylic acid groups (broad SMARTS) is 1. The number of aliphatic carboxylic acids is 1. The summed E-state index contributed by atoms with van der Waals surface area (Å²) in [6.45, 7) is 4.12. The average Bonchev–Trinajstić information content (AvgIpc) is 2.90. The van der Waals surface area contributed by atoms with Gasteiger partial charge in [0.05, 0.1) is 11.3 Å². The van der Waals surface area contributed by atoms with E-state index in [4.69, 9.17) is 5.11 Å². The number of carboxylic acids is 1. The summed E-state index contributed by atoms with van der Waals surface area (Å²) in [5.74, 6) is -1.54. The standard InChI is InChI=1S/C16H20N2O4/c1-3-12(16(21)22)17-15(20)11-9-10(2)6-7-13(11)18-8-4-5-14(18)19/h6-7,9,12H,3-5,8H2,1-2H3,(H,17,20)(H,21,22). The third kappa shape index (κ3) is 3.27. The van der Waals surface area contributed by atoms with Gasteiger partial charge in [-0.05, 0) is 31.9 Å². The number of nitrogens with zero attached hydrogens (tertiary/aromatic N) is 1. The molecule has 0 aliphatic carbocycles. The van der Waals surface area contributed by atoms with Crippen molar-refractivity contribution in [2.75, 3.05) is 11.4 Å². The third-order valence-corrected chi connectivity index (χ3v) is 3.77. The molecule has 1 aromatic carbocycles. The first kappa shape index (κ1) is 16.0. The van der Waals surface area contributed by atoms with E-state index in [0.29, 0.717) is 30.6 Å². The van der Waals surface area contributed by atoms with Gasteiger partial charge in [0.1, 0.15) is 6.04 Å². The second-order valence-corrected chi connectivity index (χ2v) is 5.44. The Morgan fingerprint density at radius 2 is 2.14 bits per heavy atom. The van der Waals surface area contributed by atoms with Crippen LogP contribution < -0.4 is 10.2 Å². The van der Waals surface area contributed by atoms with Gasteiger partial charge in [-0.25, -0.2) is 4.79 Å². The molecule has 1 aliphatic rings. The van der Waals surface area contributed by atoms with Gasteiger partial charge < -0.3 is 15.3 Å². The zero-order valence-electron chi connectivity index (χ0n) is 12.8. The van der Waals surface area contributed by atoms with Crippen molar-refractivity contribution in [3.63, 3.8) is 0 Å². The second-order valence-electron chi connectivity index (χ2n) is 5.44. The maximum atomic E-state index is 12.4. The Hall–Kier alpha value is -2.37. The first-order valence-corrected chi connectivity index (χ1v) is 7.38. The van der Waals surface area contributed by atoms with Crippen LogP contribution in [0, 0.1) is 6.92 Å². The van der Waals surface area contributed by atoms with E-state index in [0.717, 1.165) is 12.0 Å². The van der Waals surface area contributed by atoms with Gasteiger partial charge in [-0.3, -0.25) is 9.59 Å². The quantitative estimate of drug-likeness (QED) is 0.867. The van der Waals surface area contributed by atoms with Crippen molar-refractivity contribution in [3.05, 3.63) is 29.3 Å². The molecule has 1 atom stereocenters. The van der Waals surface area contributed by atoms with E-state index < -0.39 is 17.9 Å². The van der Waals surface area contributed by atoms with Gasteiger partial charge in [-0.15, -0.1) is 0 Å². The fraction of sp³-hybridized carbons (Fsp3) is 0.438. The second kappa shape index (κ2) is 6.60. The van der Waals surface area contributed by atoms with Crippen LogP contribution in [-0.2, 0) is 9.59 Å². The predicted octanol–water partition coefficient (Wildman–Crippen LogP) is 1.71. The molecule has 1 fully saturated rings. The fourth-order valence-electron chi connectivity index (χ4n) is 2.54. The number of aryl methyl sites for hydroxylation is 1. The number of rotatable bonds is 5. The lowest BCUT2D eigenvalue weighted by Gasteiger charge is -2.21. The summed E-state index contributed by atoms with van der Waals surface area (Å²) in [7, 11) is 0. The van der Waals surface area contributed by atoms with Crippen LogP contribution in [0.3, 0.4) is 0 Å². The minimum Gasteiger partial charge on any atom is -0.480 e. The van der Waals surface area contributed by atoms with Gasteiger partial charge in [-0.1, -0.05) is 18.6 Å². The lowest BCUT2D eigenvalue weighted by atomic mass is 10.1. The van der Waals surface area contributed by atoms with E-state index in [2.05, 4.69) is 5.32 Å². The normalized spacial score (nSPS) is 15.7. The Balaban J connectivity index is 2.32. The monoisotopic (exact) mass is 304 g/mol. The highest BCUT2D eigenvalue weighted by atomic mass is 16.4. The lowest BCUT2D eigenvalue weighted by Crippen LogP contribution is -2.41. The molecule has 22 heavy (non-hydrogen) atoms. The Labute approximate surface area is 129 Å². The van der Waals surface area contributed by atoms with Crippen LogP contribution in [0.25, 0.3) is 0 Å². The first-order valence-electron chi connectivity index (χ1n) is 7.38. The molecule has 0 spiro atoms. The average molecular weight is 304 g/mol. The highest BCUT2D eigenvalue weighted by molar-refractivity contribution is 6.06. The molecule has 0 saturated carbocycles. The van der Waals surface area contributed by atoms with Crippen molar-refractivity contribution in [1.29, 1.82) is 0 Å². The van der Waals surface area contributed by atoms with E-state index in [9.17, 15) is 14.4 Å². The number of anilines is 1. The van der Waals surface area contributed by atoms with Crippen LogP contribution in [-0.4, -0.2) is 35.5 Å². The van der Waals surface area contributed by atoms with E-state index >= 15 is 0 Å². The van der Waals surface area contributed by atoms with Crippen molar-refractivity contribution in [2.45, 2.75) is 39.2 Å². The fourth-order valence-corrected chi connectivity index (χ4v) is 2.54. The third-order valence-electron chi connectivity index (χ3n) is 3.77. The maximum Gasteiger partial charge on any atom is 0.326 e. The molecule has 1 aliphatic heterocycles. The smallest absolute Gasteiger partial charge is 0.326 e. The molecule has 0 bridgehead atoms. The molecule has 1 heterocycles. The van der Waals surface area contributed by atoms with Gasteiger partial charge in [0.2, 0.25) is 5.91 Å². The van der Waals surface area contributed by atoms with Crippen LogP contribution >= 0.6 is 0 Å². The van der Waals surface area contributed by atoms with Gasteiger partial charge in [0, 0.05) is 13.0 Å². The summed E-state index contributed by atoms with van der Waals surface area (Å²) in [6.07, 6.45) is 1.53. The van der Waals surface area contributed by atoms with Crippen LogP contribution in [0.2, 0.25) is 0 Å². The predicted molar refractivity (Wildman–Crippen MR) is 81.9 cm³/mol. The van der Waals surface area contributed by atoms with Crippen molar-refractivity contribution >= 4 is 23.5 Å². The Morgan fingerprint density at radius 3 is 2.68 bits per heavy atom. The SMILES string of the molecule is CCC(NC(=O)c1cc(C)ccc1N1CCCC1=O)C(=O)O. The molecule has 118 valence electrons. The molecule has 0 radical (unpaired) electrons. The van der Waals surface area contributed by atoms with E-state index in [1.165, 1.54) is 0 Å². The molecular formula is C16H20N2O4. The molecule has 2 rings (SSSR count). The molecule has 1 saturated heterocycles. The maximum absolute atomic E-state index is 12.4. The summed E-state index contributed by atoms with van der Waals surface area (Å²) in [4.78, 5) is 37.0. The van der Waals surface area contributed by atoms with E-state index in [1.54, 1.807) is 24.0 Å². The summed E-state index contributed by atoms with van der Waals surface area (Å²) >= 11 is 0. The topological polar surface area (TPSA) is 86.7 Å². The van der Waals surface area contributed by atoms with Crippen molar-refractivity contribution in [3.8, 4) is 0 Å². The van der Waals surface area contributed by atoms with E-state index in [1.807, 2.05) is 13.0 Å². The summed E-state index contributed by atoms with van der Waals surface area (Å²) in [5, 5.41) is 11.6. The lowest BCUT2D eigenvalue weighted by molar-refractivity contribution is -0.139. The van der Waals surface area contributed by atoms with Crippen molar-refractivity contribution in [2.24, 2.45) is 0 Å². The largest absolute Gasteiger partial charge is 0.480 e. The molecule has 1 unspecified atom stereocenters. The van der Waals surface area contributed by atoms with Crippen LogP contribution in [0.5, 0.6) is 0 Å². The van der Waals surface area contributed by atoms with E-state index in [-0.39, 0.29) is 5.91 Å². The molecule has 0 aromatic heterocycles. The molecule has 6 heteroatoms. The summed E-state index contributed by atoms with van der Waals surface area (Å²) in [6, 6.07) is 4.34. The minimum absolute atomic E-state index is 0.0109. The van der Waals surface area contributed by atoms with Gasteiger partial charge in [0.15, 0.2) is 0 Å². The zero-order chi connectivity index (χ0) is 16.3. The van der Waals surface area contributed by atoms with Crippen LogP contribution in [0.1, 0.15) is 42.1 Å². The Kier molecular flexibility index (Phi) is 4.80. The summed E-state index contributed by atoms with van der Waals surface area (Å²) in [5.41, 5.74) is 1.77. The number of benzene rings is 1. The van der Waals surface area contributed by atoms with Crippen LogP contribution in [0.4, 0.5) is 5.69 Å². The van der Waals surface area contributed by atoms with Gasteiger partial charge in [-0.2, -0.15) is 0 Å². The number of hydrogen-bond acceptors (Lipinski definition) is 3. The van der Waals surface area contributed by atoms with Crippen molar-refractivity contribution in [1.82, 2.24) is 5.32 Å². The van der Waals surface area contributed by atoms with Gasteiger partial charge >= 0.3 is 5.97 Å². The van der Waals surface area contributed by atoms with Gasteiger partial charge in [0.25, 0.3) is 5.91 Å². The molecular weight excluding hydrogens is 284 g/mol. The minimum atomic E-state index is -1.07. The number of carbonyl (C=O) groups excluding carboxylic acids is 2. The van der Waals surface area contributed by atoms with Crippen molar-refractivity contribution < 1.29 is 19.5 Å².